The van der Waals surface area contributed by atoms with Crippen molar-refractivity contribution in [3.63, 3.8) is 0 Å². The Morgan fingerprint density at radius 2 is 1.96 bits per heavy atom. The van der Waals surface area contributed by atoms with Crippen molar-refractivity contribution in [1.82, 2.24) is 15.5 Å². The van der Waals surface area contributed by atoms with Crippen molar-refractivity contribution in [2.45, 2.75) is 6.92 Å². The maximum Gasteiger partial charge on any atom is 0.241 e. The number of aliphatic imine (C=N–C) groups is 1. The normalized spacial score (nSPS) is 14.9. The van der Waals surface area contributed by atoms with Crippen molar-refractivity contribution in [3.8, 4) is 5.75 Å². The van der Waals surface area contributed by atoms with Crippen LogP contribution in [-0.2, 0) is 9.53 Å². The molecule has 1 amide bonds. The van der Waals surface area contributed by atoms with E-state index in [0.717, 1.165) is 50.1 Å². The number of rotatable bonds is 8. The minimum Gasteiger partial charge on any atom is -0.497 e. The fraction of sp³-hybridized carbons (Fsp3) is 0.579. The van der Waals surface area contributed by atoms with E-state index in [2.05, 4.69) is 37.6 Å². The summed E-state index contributed by atoms with van der Waals surface area (Å²) in [7, 11) is 3.29. The van der Waals surface area contributed by atoms with Crippen molar-refractivity contribution in [2.75, 3.05) is 71.5 Å². The molecule has 1 aliphatic heterocycles. The standard InChI is InChI=1S/C19H31N5O3/c1-4-20-19(22-15-18(25)21-8-13-26-2)24-11-9-23(10-12-24)16-6-5-7-17(14-16)27-3/h5-7,14H,4,8-13,15H2,1-3H3,(H,20,22)(H,21,25). The van der Waals surface area contributed by atoms with Crippen molar-refractivity contribution in [3.05, 3.63) is 24.3 Å². The summed E-state index contributed by atoms with van der Waals surface area (Å²) >= 11 is 0. The lowest BCUT2D eigenvalue weighted by Crippen LogP contribution is -2.52. The molecule has 1 saturated heterocycles. The molecule has 0 bridgehead atoms. The van der Waals surface area contributed by atoms with Crippen LogP contribution in [0.25, 0.3) is 0 Å². The topological polar surface area (TPSA) is 78.4 Å². The molecule has 1 fully saturated rings. The molecule has 1 aliphatic rings. The highest BCUT2D eigenvalue weighted by Gasteiger charge is 2.20. The quantitative estimate of drug-likeness (QED) is 0.391. The average molecular weight is 377 g/mol. The largest absolute Gasteiger partial charge is 0.497 e. The van der Waals surface area contributed by atoms with Gasteiger partial charge in [-0.15, -0.1) is 0 Å². The smallest absolute Gasteiger partial charge is 0.241 e. The molecule has 1 aromatic carbocycles. The van der Waals surface area contributed by atoms with Crippen molar-refractivity contribution in [2.24, 2.45) is 4.99 Å². The number of guanidine groups is 1. The molecule has 0 atom stereocenters. The van der Waals surface area contributed by atoms with E-state index in [1.807, 2.05) is 19.1 Å². The summed E-state index contributed by atoms with van der Waals surface area (Å²) in [6.07, 6.45) is 0. The molecule has 1 aromatic rings. The Balaban J connectivity index is 1.89. The van der Waals surface area contributed by atoms with Gasteiger partial charge in [0.25, 0.3) is 0 Å². The van der Waals surface area contributed by atoms with Crippen molar-refractivity contribution < 1.29 is 14.3 Å². The second-order valence-electron chi connectivity index (χ2n) is 6.19. The molecule has 0 spiro atoms. The molecular weight excluding hydrogens is 346 g/mol. The summed E-state index contributed by atoms with van der Waals surface area (Å²) in [5.74, 6) is 1.55. The van der Waals surface area contributed by atoms with Gasteiger partial charge in [-0.2, -0.15) is 0 Å². The Bertz CT molecular complexity index is 615. The number of ether oxygens (including phenoxy) is 2. The Kier molecular flexibility index (Phi) is 8.70. The van der Waals surface area contributed by atoms with Gasteiger partial charge in [-0.1, -0.05) is 6.07 Å². The maximum absolute atomic E-state index is 11.9. The lowest BCUT2D eigenvalue weighted by molar-refractivity contribution is -0.119. The predicted octanol–water partition coefficient (Wildman–Crippen LogP) is 0.545. The van der Waals surface area contributed by atoms with Crippen LogP contribution in [0, 0.1) is 0 Å². The van der Waals surface area contributed by atoms with E-state index < -0.39 is 0 Å². The summed E-state index contributed by atoms with van der Waals surface area (Å²) in [4.78, 5) is 20.9. The van der Waals surface area contributed by atoms with E-state index >= 15 is 0 Å². The van der Waals surface area contributed by atoms with Crippen LogP contribution in [0.2, 0.25) is 0 Å². The Hall–Kier alpha value is -2.48. The molecule has 2 rings (SSSR count). The zero-order chi connectivity index (χ0) is 19.5. The monoisotopic (exact) mass is 377 g/mol. The number of piperazine rings is 1. The van der Waals surface area contributed by atoms with Crippen LogP contribution in [-0.4, -0.2) is 83.4 Å². The summed E-state index contributed by atoms with van der Waals surface area (Å²) in [5, 5.41) is 6.07. The van der Waals surface area contributed by atoms with Gasteiger partial charge in [-0.3, -0.25) is 4.79 Å². The Labute approximate surface area is 161 Å². The third-order valence-electron chi connectivity index (χ3n) is 4.33. The van der Waals surface area contributed by atoms with Crippen LogP contribution in [0.5, 0.6) is 5.75 Å². The number of anilines is 1. The summed E-state index contributed by atoms with van der Waals surface area (Å²) in [6, 6.07) is 8.11. The first-order chi connectivity index (χ1) is 13.2. The number of hydrogen-bond donors (Lipinski definition) is 2. The molecule has 0 aromatic heterocycles. The van der Waals surface area contributed by atoms with Crippen LogP contribution in [0.15, 0.2) is 29.3 Å². The minimum atomic E-state index is -0.0996. The average Bonchev–Trinajstić information content (AvgIpc) is 2.71. The molecule has 0 aliphatic carbocycles. The van der Waals surface area contributed by atoms with Gasteiger partial charge in [-0.25, -0.2) is 4.99 Å². The third kappa shape index (κ3) is 6.63. The molecular formula is C19H31N5O3. The molecule has 0 unspecified atom stereocenters. The number of amides is 1. The molecule has 0 saturated carbocycles. The number of nitrogens with one attached hydrogen (secondary N) is 2. The highest BCUT2D eigenvalue weighted by Crippen LogP contribution is 2.22. The predicted molar refractivity (Wildman–Crippen MR) is 108 cm³/mol. The molecule has 0 radical (unpaired) electrons. The van der Waals surface area contributed by atoms with Gasteiger partial charge in [0.2, 0.25) is 5.91 Å². The Morgan fingerprint density at radius 3 is 2.63 bits per heavy atom. The fourth-order valence-corrected chi connectivity index (χ4v) is 2.90. The second-order valence-corrected chi connectivity index (χ2v) is 6.19. The Morgan fingerprint density at radius 1 is 1.19 bits per heavy atom. The number of methoxy groups -OCH3 is 2. The first-order valence-electron chi connectivity index (χ1n) is 9.35. The number of carbonyl (C=O) groups excluding carboxylic acids is 1. The highest BCUT2D eigenvalue weighted by atomic mass is 16.5. The van der Waals surface area contributed by atoms with E-state index in [1.54, 1.807) is 14.2 Å². The number of hydrogen-bond acceptors (Lipinski definition) is 5. The van der Waals surface area contributed by atoms with Gasteiger partial charge >= 0.3 is 0 Å². The first-order valence-corrected chi connectivity index (χ1v) is 9.35. The van der Waals surface area contributed by atoms with Gasteiger partial charge in [0, 0.05) is 58.1 Å². The number of benzene rings is 1. The van der Waals surface area contributed by atoms with Gasteiger partial charge in [0.15, 0.2) is 5.96 Å². The molecule has 150 valence electrons. The van der Waals surface area contributed by atoms with E-state index in [1.165, 1.54) is 0 Å². The van der Waals surface area contributed by atoms with E-state index in [4.69, 9.17) is 9.47 Å². The second kappa shape index (κ2) is 11.3. The van der Waals surface area contributed by atoms with Crippen molar-refractivity contribution in [1.29, 1.82) is 0 Å². The van der Waals surface area contributed by atoms with Gasteiger partial charge in [-0.05, 0) is 19.1 Å². The van der Waals surface area contributed by atoms with E-state index in [0.29, 0.717) is 13.2 Å². The minimum absolute atomic E-state index is 0.0996. The lowest BCUT2D eigenvalue weighted by atomic mass is 10.2. The maximum atomic E-state index is 11.9. The van der Waals surface area contributed by atoms with Gasteiger partial charge in [0.05, 0.1) is 13.7 Å². The molecule has 27 heavy (non-hydrogen) atoms. The zero-order valence-corrected chi connectivity index (χ0v) is 16.5. The van der Waals surface area contributed by atoms with E-state index in [-0.39, 0.29) is 12.5 Å². The van der Waals surface area contributed by atoms with Crippen LogP contribution in [0.4, 0.5) is 5.69 Å². The van der Waals surface area contributed by atoms with Gasteiger partial charge < -0.3 is 29.9 Å². The van der Waals surface area contributed by atoms with E-state index in [9.17, 15) is 4.79 Å². The SMILES string of the molecule is CCNC(=NCC(=O)NCCOC)N1CCN(c2cccc(OC)c2)CC1. The molecule has 2 N–H and O–H groups in total. The first kappa shape index (κ1) is 20.8. The van der Waals surface area contributed by atoms with Gasteiger partial charge in [0.1, 0.15) is 12.3 Å². The van der Waals surface area contributed by atoms with Crippen LogP contribution in [0.3, 0.4) is 0 Å². The number of carbonyl (C=O) groups is 1. The number of nitrogens with zero attached hydrogens (tertiary/aromatic N) is 3. The zero-order valence-electron chi connectivity index (χ0n) is 16.5. The van der Waals surface area contributed by atoms with Crippen LogP contribution in [0.1, 0.15) is 6.92 Å². The summed E-state index contributed by atoms with van der Waals surface area (Å²) in [5.41, 5.74) is 1.16. The highest BCUT2D eigenvalue weighted by molar-refractivity contribution is 5.85. The molecule has 8 nitrogen and oxygen atoms in total. The molecule has 8 heteroatoms. The summed E-state index contributed by atoms with van der Waals surface area (Å²) in [6.45, 7) is 7.36. The molecule has 1 heterocycles. The lowest BCUT2D eigenvalue weighted by Gasteiger charge is -2.37. The third-order valence-corrected chi connectivity index (χ3v) is 4.33. The van der Waals surface area contributed by atoms with Crippen molar-refractivity contribution >= 4 is 17.6 Å². The van der Waals surface area contributed by atoms with Crippen LogP contribution < -0.4 is 20.3 Å². The fourth-order valence-electron chi connectivity index (χ4n) is 2.90. The van der Waals surface area contributed by atoms with Crippen LogP contribution >= 0.6 is 0 Å². The summed E-state index contributed by atoms with van der Waals surface area (Å²) < 4.78 is 10.2.